The molecule has 0 heterocycles. The van der Waals surface area contributed by atoms with Crippen molar-refractivity contribution in [3.8, 4) is 0 Å². The molecule has 6 heteroatoms. The topological polar surface area (TPSA) is 95.9 Å². The quantitative estimate of drug-likeness (QED) is 0.0324. The molecule has 0 fully saturated rings. The summed E-state index contributed by atoms with van der Waals surface area (Å²) in [6, 6.07) is -0.727. The molecule has 0 aromatic carbocycles. The Morgan fingerprint density at radius 2 is 0.930 bits per heavy atom. The van der Waals surface area contributed by atoms with Crippen LogP contribution in [-0.4, -0.2) is 46.9 Å². The Hall–Kier alpha value is -2.18. The summed E-state index contributed by atoms with van der Waals surface area (Å²) in [6.45, 7) is 6.41. The molecule has 0 aliphatic carbocycles. The van der Waals surface area contributed by atoms with Crippen LogP contribution in [0.3, 0.4) is 0 Å². The number of unbranched alkanes of at least 4 members (excludes halogenated alkanes) is 24. The number of carbonyl (C=O) groups is 2. The van der Waals surface area contributed by atoms with E-state index in [2.05, 4.69) is 68.6 Å². The summed E-state index contributed by atoms with van der Waals surface area (Å²) in [6.07, 6.45) is 53.2. The minimum Gasteiger partial charge on any atom is -0.461 e. The summed E-state index contributed by atoms with van der Waals surface area (Å²) in [5.41, 5.74) is 0. The molecule has 0 aromatic heterocycles. The third kappa shape index (κ3) is 40.4. The molecule has 3 N–H and O–H groups in total. The SMILES string of the molecule is CCCCC/C=C\C/C=C\C/C=C\C/C=C\CC(CC(=O)NC(CO)C(O)CCCCCCCCCCCCCC)OC(=O)CCCCCCCCCCCCC. The van der Waals surface area contributed by atoms with Crippen LogP contribution in [0.5, 0.6) is 0 Å². The van der Waals surface area contributed by atoms with Gasteiger partial charge in [0.15, 0.2) is 0 Å². The molecule has 0 saturated heterocycles. The van der Waals surface area contributed by atoms with E-state index in [9.17, 15) is 19.8 Å². The van der Waals surface area contributed by atoms with E-state index in [0.29, 0.717) is 19.3 Å². The van der Waals surface area contributed by atoms with Gasteiger partial charge in [-0.2, -0.15) is 0 Å². The smallest absolute Gasteiger partial charge is 0.306 e. The molecule has 0 bridgehead atoms. The van der Waals surface area contributed by atoms with E-state index in [1.54, 1.807) is 0 Å². The first-order valence-corrected chi connectivity index (χ1v) is 24.4. The van der Waals surface area contributed by atoms with Crippen LogP contribution < -0.4 is 5.32 Å². The number of rotatable bonds is 43. The number of aliphatic hydroxyl groups excluding tert-OH is 2. The molecule has 0 saturated carbocycles. The fourth-order valence-electron chi connectivity index (χ4n) is 7.17. The maximum Gasteiger partial charge on any atom is 0.306 e. The lowest BCUT2D eigenvalue weighted by Gasteiger charge is -2.24. The lowest BCUT2D eigenvalue weighted by atomic mass is 10.0. The number of amides is 1. The Labute approximate surface area is 353 Å². The number of carbonyl (C=O) groups excluding carboxylic acids is 2. The summed E-state index contributed by atoms with van der Waals surface area (Å²) in [5.74, 6) is -0.573. The van der Waals surface area contributed by atoms with Gasteiger partial charge in [0, 0.05) is 12.8 Å². The van der Waals surface area contributed by atoms with Crippen LogP contribution in [0, 0.1) is 0 Å². The monoisotopic (exact) mass is 800 g/mol. The first-order chi connectivity index (χ1) is 28.0. The Morgan fingerprint density at radius 1 is 0.526 bits per heavy atom. The van der Waals surface area contributed by atoms with Gasteiger partial charge in [-0.1, -0.05) is 223 Å². The highest BCUT2D eigenvalue weighted by atomic mass is 16.5. The number of hydrogen-bond acceptors (Lipinski definition) is 5. The van der Waals surface area contributed by atoms with E-state index in [1.807, 2.05) is 6.08 Å². The predicted molar refractivity (Wildman–Crippen MR) is 245 cm³/mol. The summed E-state index contributed by atoms with van der Waals surface area (Å²) in [7, 11) is 0. The molecule has 0 rings (SSSR count). The van der Waals surface area contributed by atoms with Crippen molar-refractivity contribution >= 4 is 11.9 Å². The van der Waals surface area contributed by atoms with E-state index in [0.717, 1.165) is 57.8 Å². The highest BCUT2D eigenvalue weighted by Gasteiger charge is 2.23. The minimum atomic E-state index is -0.808. The van der Waals surface area contributed by atoms with Crippen molar-refractivity contribution in [2.45, 2.75) is 257 Å². The number of ether oxygens (including phenoxy) is 1. The normalized spacial score (nSPS) is 13.7. The van der Waals surface area contributed by atoms with E-state index < -0.39 is 18.2 Å². The number of hydrogen-bond donors (Lipinski definition) is 3. The number of nitrogens with one attached hydrogen (secondary N) is 1. The highest BCUT2D eigenvalue weighted by molar-refractivity contribution is 5.77. The van der Waals surface area contributed by atoms with E-state index >= 15 is 0 Å². The third-order valence-electron chi connectivity index (χ3n) is 10.9. The van der Waals surface area contributed by atoms with Gasteiger partial charge in [0.2, 0.25) is 5.91 Å². The first-order valence-electron chi connectivity index (χ1n) is 24.4. The lowest BCUT2D eigenvalue weighted by Crippen LogP contribution is -2.46. The van der Waals surface area contributed by atoms with Gasteiger partial charge in [-0.3, -0.25) is 9.59 Å². The molecule has 0 aliphatic rings. The van der Waals surface area contributed by atoms with Crippen LogP contribution in [0.4, 0.5) is 0 Å². The van der Waals surface area contributed by atoms with Crippen molar-refractivity contribution in [1.29, 1.82) is 0 Å². The zero-order chi connectivity index (χ0) is 41.7. The molecular weight excluding hydrogens is 707 g/mol. The first kappa shape index (κ1) is 54.8. The Kier molecular flexibility index (Phi) is 43.2. The average molecular weight is 800 g/mol. The predicted octanol–water partition coefficient (Wildman–Crippen LogP) is 14.3. The molecule has 332 valence electrons. The van der Waals surface area contributed by atoms with Gasteiger partial charge in [-0.05, 0) is 44.9 Å². The molecule has 57 heavy (non-hydrogen) atoms. The number of aliphatic hydroxyl groups is 2. The maximum atomic E-state index is 13.1. The Morgan fingerprint density at radius 3 is 1.40 bits per heavy atom. The largest absolute Gasteiger partial charge is 0.461 e. The van der Waals surface area contributed by atoms with Crippen LogP contribution in [-0.2, 0) is 14.3 Å². The second-order valence-corrected chi connectivity index (χ2v) is 16.5. The average Bonchev–Trinajstić information content (AvgIpc) is 3.20. The van der Waals surface area contributed by atoms with Crippen LogP contribution in [0.1, 0.15) is 239 Å². The molecule has 0 aromatic rings. The van der Waals surface area contributed by atoms with Gasteiger partial charge < -0.3 is 20.3 Å². The van der Waals surface area contributed by atoms with Gasteiger partial charge in [0.25, 0.3) is 0 Å². The van der Waals surface area contributed by atoms with Crippen molar-refractivity contribution in [3.63, 3.8) is 0 Å². The van der Waals surface area contributed by atoms with Gasteiger partial charge in [-0.15, -0.1) is 0 Å². The van der Waals surface area contributed by atoms with Crippen LogP contribution in [0.15, 0.2) is 48.6 Å². The summed E-state index contributed by atoms with van der Waals surface area (Å²) < 4.78 is 5.85. The fourth-order valence-corrected chi connectivity index (χ4v) is 7.17. The van der Waals surface area contributed by atoms with Crippen molar-refractivity contribution in [3.05, 3.63) is 48.6 Å². The summed E-state index contributed by atoms with van der Waals surface area (Å²) in [5, 5.41) is 23.6. The maximum absolute atomic E-state index is 13.1. The molecule has 6 nitrogen and oxygen atoms in total. The van der Waals surface area contributed by atoms with Gasteiger partial charge in [0.1, 0.15) is 6.10 Å². The zero-order valence-electron chi connectivity index (χ0n) is 37.7. The van der Waals surface area contributed by atoms with E-state index in [4.69, 9.17) is 4.74 Å². The summed E-state index contributed by atoms with van der Waals surface area (Å²) in [4.78, 5) is 26.0. The van der Waals surface area contributed by atoms with Crippen LogP contribution >= 0.6 is 0 Å². The zero-order valence-corrected chi connectivity index (χ0v) is 37.7. The van der Waals surface area contributed by atoms with Gasteiger partial charge in [0.05, 0.1) is 25.2 Å². The van der Waals surface area contributed by atoms with Crippen molar-refractivity contribution in [2.75, 3.05) is 6.61 Å². The lowest BCUT2D eigenvalue weighted by molar-refractivity contribution is -0.150. The molecule has 0 radical (unpaired) electrons. The summed E-state index contributed by atoms with van der Waals surface area (Å²) >= 11 is 0. The van der Waals surface area contributed by atoms with Crippen molar-refractivity contribution < 1.29 is 24.5 Å². The van der Waals surface area contributed by atoms with Crippen molar-refractivity contribution in [2.24, 2.45) is 0 Å². The van der Waals surface area contributed by atoms with Gasteiger partial charge >= 0.3 is 5.97 Å². The fraction of sp³-hybridized carbons (Fsp3) is 0.804. The molecule has 3 unspecified atom stereocenters. The molecular formula is C51H93NO5. The molecule has 3 atom stereocenters. The Balaban J connectivity index is 4.72. The number of allylic oxidation sites excluding steroid dienone is 7. The number of esters is 1. The third-order valence-corrected chi connectivity index (χ3v) is 10.9. The minimum absolute atomic E-state index is 0.00381. The van der Waals surface area contributed by atoms with Gasteiger partial charge in [-0.25, -0.2) is 0 Å². The van der Waals surface area contributed by atoms with Crippen LogP contribution in [0.2, 0.25) is 0 Å². The highest BCUT2D eigenvalue weighted by Crippen LogP contribution is 2.16. The molecule has 1 amide bonds. The van der Waals surface area contributed by atoms with Crippen molar-refractivity contribution in [1.82, 2.24) is 5.32 Å². The van der Waals surface area contributed by atoms with E-state index in [1.165, 1.54) is 135 Å². The standard InChI is InChI=1S/C51H93NO5/c1-4-7-10-13-16-19-22-24-25-26-28-30-33-36-39-42-47(57-51(56)44-41-38-35-32-27-21-18-15-12-9-6-3)45-50(55)52-48(46-53)49(54)43-40-37-34-31-29-23-20-17-14-11-8-5-2/h16,19,24-25,28,30,36,39,47-49,53-54H,4-15,17-18,20-23,26-27,29,31-35,37-38,40-46H2,1-3H3,(H,52,55)/b19-16-,25-24-,30-28-,39-36-. The molecule has 0 spiro atoms. The second-order valence-electron chi connectivity index (χ2n) is 16.5. The van der Waals surface area contributed by atoms with Crippen LogP contribution in [0.25, 0.3) is 0 Å². The molecule has 0 aliphatic heterocycles. The second kappa shape index (κ2) is 44.9. The Bertz CT molecular complexity index is 988. The van der Waals surface area contributed by atoms with E-state index in [-0.39, 0.29) is 24.9 Å².